The van der Waals surface area contributed by atoms with Gasteiger partial charge in [-0.2, -0.15) is 5.10 Å². The first-order valence-corrected chi connectivity index (χ1v) is 13.1. The summed E-state index contributed by atoms with van der Waals surface area (Å²) >= 11 is 1.45. The van der Waals surface area contributed by atoms with E-state index in [0.29, 0.717) is 44.0 Å². The fraction of sp³-hybridized carbons (Fsp3) is 0.538. The average Bonchev–Trinajstić information content (AvgIpc) is 3.19. The molecule has 190 valence electrons. The van der Waals surface area contributed by atoms with Crippen molar-refractivity contribution in [2.75, 3.05) is 13.2 Å². The number of thioether (sulfide) groups is 1. The summed E-state index contributed by atoms with van der Waals surface area (Å²) in [5.74, 6) is 1.21. The lowest BCUT2D eigenvalue weighted by Crippen LogP contribution is -2.29. The molecule has 0 saturated carbocycles. The van der Waals surface area contributed by atoms with Gasteiger partial charge in [-0.1, -0.05) is 20.3 Å². The highest BCUT2D eigenvalue weighted by atomic mass is 32.2. The Kier molecular flexibility index (Phi) is 8.99. The Bertz CT molecular complexity index is 1210. The molecule has 0 bridgehead atoms. The second-order valence-electron chi connectivity index (χ2n) is 8.70. The molecule has 8 nitrogen and oxygen atoms in total. The Morgan fingerprint density at radius 3 is 2.43 bits per heavy atom. The summed E-state index contributed by atoms with van der Waals surface area (Å²) in [6, 6.07) is 7.59. The number of aromatic nitrogens is 4. The zero-order valence-electron chi connectivity index (χ0n) is 21.6. The molecule has 35 heavy (non-hydrogen) atoms. The molecule has 3 aromatic rings. The highest BCUT2D eigenvalue weighted by molar-refractivity contribution is 8.01. The van der Waals surface area contributed by atoms with Crippen LogP contribution in [0.25, 0.3) is 11.0 Å². The lowest BCUT2D eigenvalue weighted by atomic mass is 10.2. The third-order valence-corrected chi connectivity index (χ3v) is 6.83. The van der Waals surface area contributed by atoms with Crippen LogP contribution < -0.4 is 10.3 Å². The normalized spacial score (nSPS) is 11.7. The molecule has 0 N–H and O–H groups in total. The Balaban J connectivity index is 1.73. The number of ether oxygens (including phenoxy) is 2. The zero-order chi connectivity index (χ0) is 25.6. The fourth-order valence-corrected chi connectivity index (χ4v) is 4.90. The molecule has 0 fully saturated rings. The van der Waals surface area contributed by atoms with Gasteiger partial charge in [0, 0.05) is 17.9 Å². The van der Waals surface area contributed by atoms with Crippen LogP contribution in [-0.2, 0) is 35.5 Å². The molecule has 1 aromatic carbocycles. The van der Waals surface area contributed by atoms with Crippen LogP contribution in [0.4, 0.5) is 0 Å². The summed E-state index contributed by atoms with van der Waals surface area (Å²) < 4.78 is 13.9. The number of nitrogens with zero attached hydrogens (tertiary/aromatic N) is 4. The van der Waals surface area contributed by atoms with E-state index in [4.69, 9.17) is 14.5 Å². The Labute approximate surface area is 211 Å². The monoisotopic (exact) mass is 500 g/mol. The summed E-state index contributed by atoms with van der Waals surface area (Å²) in [5, 5.41) is 4.64. The number of esters is 1. The molecule has 0 unspecified atom stereocenters. The zero-order valence-corrected chi connectivity index (χ0v) is 22.4. The summed E-state index contributed by atoms with van der Waals surface area (Å²) in [5.41, 5.74) is 2.12. The van der Waals surface area contributed by atoms with Crippen molar-refractivity contribution in [2.24, 2.45) is 0 Å². The van der Waals surface area contributed by atoms with Crippen LogP contribution in [0.15, 0.2) is 34.0 Å². The van der Waals surface area contributed by atoms with E-state index in [2.05, 4.69) is 12.0 Å². The molecule has 9 heteroatoms. The van der Waals surface area contributed by atoms with E-state index in [-0.39, 0.29) is 11.5 Å². The van der Waals surface area contributed by atoms with Gasteiger partial charge < -0.3 is 9.47 Å². The van der Waals surface area contributed by atoms with Gasteiger partial charge in [0.25, 0.3) is 5.56 Å². The first kappa shape index (κ1) is 26.8. The number of carbonyl (C=O) groups excluding carboxylic acids is 1. The van der Waals surface area contributed by atoms with Crippen LogP contribution in [0.3, 0.4) is 0 Å². The van der Waals surface area contributed by atoms with Gasteiger partial charge in [-0.25, -0.2) is 4.98 Å². The largest absolute Gasteiger partial charge is 0.492 e. The minimum absolute atomic E-state index is 0.0694. The number of hydrogen-bond acceptors (Lipinski definition) is 7. The molecule has 0 atom stereocenters. The van der Waals surface area contributed by atoms with Crippen LogP contribution >= 0.6 is 11.8 Å². The second kappa shape index (κ2) is 11.7. The third-order valence-electron chi connectivity index (χ3n) is 5.65. The van der Waals surface area contributed by atoms with Crippen molar-refractivity contribution in [3.8, 4) is 5.75 Å². The van der Waals surface area contributed by atoms with Crippen molar-refractivity contribution >= 4 is 28.8 Å². The van der Waals surface area contributed by atoms with Crippen LogP contribution in [0.1, 0.15) is 59.5 Å². The van der Waals surface area contributed by atoms with Crippen molar-refractivity contribution in [3.63, 3.8) is 0 Å². The molecule has 0 aliphatic carbocycles. The maximum Gasteiger partial charge on any atom is 0.321 e. The Morgan fingerprint density at radius 2 is 1.83 bits per heavy atom. The minimum Gasteiger partial charge on any atom is -0.492 e. The predicted octanol–water partition coefficient (Wildman–Crippen LogP) is 4.64. The molecule has 2 heterocycles. The van der Waals surface area contributed by atoms with Crippen LogP contribution in [0, 0.1) is 0 Å². The highest BCUT2D eigenvalue weighted by Crippen LogP contribution is 2.34. The van der Waals surface area contributed by atoms with Crippen molar-refractivity contribution in [2.45, 2.75) is 83.5 Å². The smallest absolute Gasteiger partial charge is 0.321 e. The van der Waals surface area contributed by atoms with Crippen LogP contribution in [-0.4, -0.2) is 43.3 Å². The van der Waals surface area contributed by atoms with Crippen LogP contribution in [0.2, 0.25) is 0 Å². The minimum atomic E-state index is -0.677. The molecule has 2 aromatic heterocycles. The summed E-state index contributed by atoms with van der Waals surface area (Å²) in [4.78, 5) is 31.3. The topological polar surface area (TPSA) is 88.2 Å². The van der Waals surface area contributed by atoms with E-state index < -0.39 is 4.75 Å². The van der Waals surface area contributed by atoms with Gasteiger partial charge in [-0.3, -0.25) is 18.8 Å². The van der Waals surface area contributed by atoms with Crippen molar-refractivity contribution in [1.29, 1.82) is 0 Å². The van der Waals surface area contributed by atoms with Gasteiger partial charge in [-0.05, 0) is 58.4 Å². The van der Waals surface area contributed by atoms with Crippen molar-refractivity contribution in [1.82, 2.24) is 19.3 Å². The number of fused-ring (bicyclic) bond motifs is 1. The van der Waals surface area contributed by atoms with Gasteiger partial charge >= 0.3 is 5.97 Å². The summed E-state index contributed by atoms with van der Waals surface area (Å²) in [6.45, 7) is 13.3. The van der Waals surface area contributed by atoms with E-state index in [1.54, 1.807) is 16.2 Å². The number of benzene rings is 1. The molecule has 0 aliphatic rings. The first-order chi connectivity index (χ1) is 16.7. The average molecular weight is 501 g/mol. The van der Waals surface area contributed by atoms with Crippen molar-refractivity contribution < 1.29 is 14.3 Å². The van der Waals surface area contributed by atoms with E-state index >= 15 is 0 Å². The molecule has 3 rings (SSSR count). The maximum atomic E-state index is 13.4. The number of carbonyl (C=O) groups is 1. The lowest BCUT2D eigenvalue weighted by Gasteiger charge is -2.21. The SMILES string of the molecule is CCCc1nn(CC)c2c(=O)n(CCOc3ccc(SC(C)(C)C(=O)OCC)cc3)c(CC)nc12. The molecule has 0 radical (unpaired) electrons. The van der Waals surface area contributed by atoms with Crippen LogP contribution in [0.5, 0.6) is 5.75 Å². The molecular formula is C26H36N4O4S. The summed E-state index contributed by atoms with van der Waals surface area (Å²) in [7, 11) is 0. The Morgan fingerprint density at radius 1 is 1.11 bits per heavy atom. The highest BCUT2D eigenvalue weighted by Gasteiger charge is 2.30. The van der Waals surface area contributed by atoms with E-state index in [0.717, 1.165) is 34.8 Å². The molecule has 0 spiro atoms. The first-order valence-electron chi connectivity index (χ1n) is 12.3. The predicted molar refractivity (Wildman–Crippen MR) is 139 cm³/mol. The van der Waals surface area contributed by atoms with Gasteiger partial charge in [0.2, 0.25) is 0 Å². The number of aryl methyl sites for hydroxylation is 3. The number of rotatable bonds is 12. The van der Waals surface area contributed by atoms with Gasteiger partial charge in [0.05, 0.1) is 18.8 Å². The second-order valence-corrected chi connectivity index (χ2v) is 10.4. The van der Waals surface area contributed by atoms with E-state index in [9.17, 15) is 9.59 Å². The van der Waals surface area contributed by atoms with E-state index in [1.807, 2.05) is 52.0 Å². The molecule has 0 amide bonds. The standard InChI is InChI=1S/C26H36N4O4S/c1-7-11-20-22-23(30(9-3)28-20)24(31)29(21(8-2)27-22)16-17-34-18-12-14-19(15-13-18)35-26(5,6)25(32)33-10-4/h12-15H,7-11,16-17H2,1-6H3. The van der Waals surface area contributed by atoms with Gasteiger partial charge in [-0.15, -0.1) is 11.8 Å². The van der Waals surface area contributed by atoms with E-state index in [1.165, 1.54) is 11.8 Å². The molecule has 0 aliphatic heterocycles. The van der Waals surface area contributed by atoms with Crippen molar-refractivity contribution in [3.05, 3.63) is 46.1 Å². The molecule has 0 saturated heterocycles. The number of hydrogen-bond donors (Lipinski definition) is 0. The van der Waals surface area contributed by atoms with Gasteiger partial charge in [0.15, 0.2) is 5.52 Å². The fourth-order valence-electron chi connectivity index (χ4n) is 3.90. The third kappa shape index (κ3) is 6.07. The lowest BCUT2D eigenvalue weighted by molar-refractivity contribution is -0.145. The maximum absolute atomic E-state index is 13.4. The Hall–Kier alpha value is -2.81. The summed E-state index contributed by atoms with van der Waals surface area (Å²) in [6.07, 6.45) is 2.40. The van der Waals surface area contributed by atoms with Gasteiger partial charge in [0.1, 0.15) is 28.4 Å². The molecular weight excluding hydrogens is 464 g/mol. The quantitative estimate of drug-likeness (QED) is 0.264.